The lowest BCUT2D eigenvalue weighted by molar-refractivity contribution is 0.0927. The molecule has 0 bridgehead atoms. The van der Waals surface area contributed by atoms with Crippen molar-refractivity contribution in [2.24, 2.45) is 5.73 Å². The zero-order valence-electron chi connectivity index (χ0n) is 12.6. The molecule has 8 heteroatoms. The number of nitrogens with two attached hydrogens (primary N) is 1. The zero-order valence-corrected chi connectivity index (χ0v) is 15.8. The highest BCUT2D eigenvalue weighted by atomic mass is 79.9. The van der Waals surface area contributed by atoms with E-state index < -0.39 is 0 Å². The summed E-state index contributed by atoms with van der Waals surface area (Å²) in [4.78, 5) is 16.3. The summed E-state index contributed by atoms with van der Waals surface area (Å²) in [6.45, 7) is 2.84. The van der Waals surface area contributed by atoms with E-state index in [1.807, 2.05) is 31.2 Å². The molecule has 0 fully saturated rings. The van der Waals surface area contributed by atoms with Crippen LogP contribution >= 0.6 is 39.7 Å². The van der Waals surface area contributed by atoms with Gasteiger partial charge in [-0.2, -0.15) is 0 Å². The Kier molecular flexibility index (Phi) is 8.54. The van der Waals surface area contributed by atoms with Gasteiger partial charge in [-0.3, -0.25) is 4.79 Å². The number of benzene rings is 1. The van der Waals surface area contributed by atoms with Crippen LogP contribution in [0.5, 0.6) is 5.75 Å². The van der Waals surface area contributed by atoms with Crippen molar-refractivity contribution in [3.05, 3.63) is 44.8 Å². The Labute approximate surface area is 154 Å². The van der Waals surface area contributed by atoms with E-state index in [0.717, 1.165) is 15.2 Å². The molecule has 0 aliphatic rings. The molecule has 0 spiro atoms. The fourth-order valence-corrected chi connectivity index (χ4v) is 2.95. The summed E-state index contributed by atoms with van der Waals surface area (Å²) >= 11 is 4.88. The number of nitrogens with zero attached hydrogens (tertiary/aromatic N) is 1. The van der Waals surface area contributed by atoms with E-state index in [1.165, 1.54) is 11.3 Å². The number of rotatable bonds is 7. The number of thiazole rings is 1. The lowest BCUT2D eigenvalue weighted by Crippen LogP contribution is -2.33. The van der Waals surface area contributed by atoms with E-state index in [9.17, 15) is 4.79 Å². The first-order valence-electron chi connectivity index (χ1n) is 6.94. The van der Waals surface area contributed by atoms with Crippen LogP contribution in [0.15, 0.2) is 34.1 Å². The zero-order chi connectivity index (χ0) is 15.9. The first-order valence-corrected chi connectivity index (χ1v) is 8.61. The topological polar surface area (TPSA) is 77.2 Å². The first-order chi connectivity index (χ1) is 10.6. The van der Waals surface area contributed by atoms with E-state index in [4.69, 9.17) is 10.5 Å². The van der Waals surface area contributed by atoms with Crippen molar-refractivity contribution in [2.45, 2.75) is 19.4 Å². The van der Waals surface area contributed by atoms with E-state index in [2.05, 4.69) is 26.2 Å². The number of amides is 1. The Morgan fingerprint density at radius 1 is 1.48 bits per heavy atom. The minimum atomic E-state index is -0.193. The standard InChI is InChI=1S/C15H18BrN3O2S.ClH/c1-10(21-13-5-3-2-4-11(13)16)8-18-15(20)12-9-22-14(19-12)6-7-17;/h2-5,9-10H,6-8,17H2,1H3,(H,18,20);1H. The number of nitrogens with one attached hydrogen (secondary N) is 1. The van der Waals surface area contributed by atoms with Gasteiger partial charge in [-0.15, -0.1) is 23.7 Å². The molecular formula is C15H19BrClN3O2S. The van der Waals surface area contributed by atoms with E-state index >= 15 is 0 Å². The van der Waals surface area contributed by atoms with Crippen LogP contribution in [0.3, 0.4) is 0 Å². The minimum Gasteiger partial charge on any atom is -0.488 e. The summed E-state index contributed by atoms with van der Waals surface area (Å²) in [6, 6.07) is 7.61. The maximum atomic E-state index is 12.0. The lowest BCUT2D eigenvalue weighted by atomic mass is 10.3. The molecule has 0 saturated carbocycles. The molecule has 0 radical (unpaired) electrons. The van der Waals surface area contributed by atoms with Gasteiger partial charge in [0.25, 0.3) is 5.91 Å². The fourth-order valence-electron chi connectivity index (χ4n) is 1.78. The molecule has 3 N–H and O–H groups in total. The van der Waals surface area contributed by atoms with Gasteiger partial charge in [0.15, 0.2) is 0 Å². The SMILES string of the molecule is CC(CNC(=O)c1csc(CCN)n1)Oc1ccccc1Br.Cl. The van der Waals surface area contributed by atoms with Gasteiger partial charge < -0.3 is 15.8 Å². The molecule has 0 aliphatic carbocycles. The van der Waals surface area contributed by atoms with Crippen LogP contribution in [-0.2, 0) is 6.42 Å². The van der Waals surface area contributed by atoms with Crippen LogP contribution < -0.4 is 15.8 Å². The van der Waals surface area contributed by atoms with Crippen LogP contribution in [-0.4, -0.2) is 30.1 Å². The average Bonchev–Trinajstić information content (AvgIpc) is 2.96. The van der Waals surface area contributed by atoms with Gasteiger partial charge in [0, 0.05) is 11.8 Å². The Morgan fingerprint density at radius 2 is 2.22 bits per heavy atom. The third-order valence-corrected chi connectivity index (χ3v) is 4.42. The highest BCUT2D eigenvalue weighted by Gasteiger charge is 2.13. The van der Waals surface area contributed by atoms with Crippen molar-refractivity contribution in [1.29, 1.82) is 0 Å². The minimum absolute atomic E-state index is 0. The summed E-state index contributed by atoms with van der Waals surface area (Å²) < 4.78 is 6.67. The number of hydrogen-bond acceptors (Lipinski definition) is 5. The predicted octanol–water partition coefficient (Wildman–Crippen LogP) is 3.03. The van der Waals surface area contributed by atoms with Crippen molar-refractivity contribution in [3.8, 4) is 5.75 Å². The van der Waals surface area contributed by atoms with Crippen LogP contribution in [0.4, 0.5) is 0 Å². The Bertz CT molecular complexity index is 639. The molecule has 0 saturated heterocycles. The van der Waals surface area contributed by atoms with Gasteiger partial charge in [0.2, 0.25) is 0 Å². The number of aromatic nitrogens is 1. The van der Waals surface area contributed by atoms with Crippen LogP contribution in [0.1, 0.15) is 22.4 Å². The molecule has 126 valence electrons. The maximum Gasteiger partial charge on any atom is 0.270 e. The summed E-state index contributed by atoms with van der Waals surface area (Å²) in [5.74, 6) is 0.560. The van der Waals surface area contributed by atoms with Crippen LogP contribution in [0, 0.1) is 0 Å². The van der Waals surface area contributed by atoms with E-state index in [0.29, 0.717) is 25.2 Å². The summed E-state index contributed by atoms with van der Waals surface area (Å²) in [5, 5.41) is 5.46. The number of halogens is 2. The molecule has 23 heavy (non-hydrogen) atoms. The second-order valence-corrected chi connectivity index (χ2v) is 6.53. The van der Waals surface area contributed by atoms with E-state index in [1.54, 1.807) is 5.38 Å². The Hall–Kier alpha value is -1.15. The van der Waals surface area contributed by atoms with Gasteiger partial charge in [0.05, 0.1) is 16.0 Å². The molecule has 5 nitrogen and oxygen atoms in total. The lowest BCUT2D eigenvalue weighted by Gasteiger charge is -2.16. The average molecular weight is 421 g/mol. The van der Waals surface area contributed by atoms with Gasteiger partial charge >= 0.3 is 0 Å². The van der Waals surface area contributed by atoms with Gasteiger partial charge in [-0.1, -0.05) is 12.1 Å². The highest BCUT2D eigenvalue weighted by molar-refractivity contribution is 9.10. The molecule has 1 atom stereocenters. The molecular weight excluding hydrogens is 402 g/mol. The molecule has 1 heterocycles. The number of carbonyl (C=O) groups excluding carboxylic acids is 1. The molecule has 0 aliphatic heterocycles. The van der Waals surface area contributed by atoms with Crippen molar-refractivity contribution in [3.63, 3.8) is 0 Å². The Balaban J connectivity index is 0.00000264. The van der Waals surface area contributed by atoms with Crippen molar-refractivity contribution in [2.75, 3.05) is 13.1 Å². The maximum absolute atomic E-state index is 12.0. The first kappa shape index (κ1) is 19.9. The van der Waals surface area contributed by atoms with Gasteiger partial charge in [-0.05, 0) is 41.5 Å². The number of ether oxygens (including phenoxy) is 1. The molecule has 1 aromatic heterocycles. The second-order valence-electron chi connectivity index (χ2n) is 4.73. The van der Waals surface area contributed by atoms with Crippen LogP contribution in [0.25, 0.3) is 0 Å². The second kappa shape index (κ2) is 9.87. The normalized spacial score (nSPS) is 11.4. The van der Waals surface area contributed by atoms with E-state index in [-0.39, 0.29) is 24.4 Å². The summed E-state index contributed by atoms with van der Waals surface area (Å²) in [7, 11) is 0. The monoisotopic (exact) mass is 419 g/mol. The van der Waals surface area contributed by atoms with Gasteiger partial charge in [0.1, 0.15) is 17.5 Å². The molecule has 2 rings (SSSR count). The van der Waals surface area contributed by atoms with Gasteiger partial charge in [-0.25, -0.2) is 4.98 Å². The number of carbonyl (C=O) groups is 1. The van der Waals surface area contributed by atoms with Crippen molar-refractivity contribution in [1.82, 2.24) is 10.3 Å². The van der Waals surface area contributed by atoms with Crippen molar-refractivity contribution >= 4 is 45.6 Å². The Morgan fingerprint density at radius 3 is 2.91 bits per heavy atom. The fraction of sp³-hybridized carbons (Fsp3) is 0.333. The molecule has 1 unspecified atom stereocenters. The third-order valence-electron chi connectivity index (χ3n) is 2.86. The summed E-state index contributed by atoms with van der Waals surface area (Å²) in [6.07, 6.45) is 0.546. The highest BCUT2D eigenvalue weighted by Crippen LogP contribution is 2.24. The third kappa shape index (κ3) is 6.10. The largest absolute Gasteiger partial charge is 0.488 e. The molecule has 2 aromatic rings. The number of hydrogen-bond donors (Lipinski definition) is 2. The van der Waals surface area contributed by atoms with Crippen LogP contribution in [0.2, 0.25) is 0 Å². The molecule has 1 aromatic carbocycles. The predicted molar refractivity (Wildman–Crippen MR) is 98.7 cm³/mol. The summed E-state index contributed by atoms with van der Waals surface area (Å²) in [5.41, 5.74) is 5.91. The van der Waals surface area contributed by atoms with Crippen molar-refractivity contribution < 1.29 is 9.53 Å². The smallest absolute Gasteiger partial charge is 0.270 e. The molecule has 1 amide bonds. The quantitative estimate of drug-likeness (QED) is 0.722. The number of para-hydroxylation sites is 1.